The van der Waals surface area contributed by atoms with Crippen LogP contribution in [0.15, 0.2) is 21.2 Å². The number of anilines is 2. The molecule has 2 aromatic rings. The van der Waals surface area contributed by atoms with E-state index in [0.29, 0.717) is 25.7 Å². The summed E-state index contributed by atoms with van der Waals surface area (Å²) in [5, 5.41) is 20.3. The van der Waals surface area contributed by atoms with E-state index in [2.05, 4.69) is 0 Å². The van der Waals surface area contributed by atoms with Crippen molar-refractivity contribution in [2.24, 2.45) is 0 Å². The number of ketones is 2. The Bertz CT molecular complexity index is 1770. The number of nitrogens with zero attached hydrogens (tertiary/aromatic N) is 4. The molecule has 12 nitrogen and oxygen atoms in total. The lowest BCUT2D eigenvalue weighted by molar-refractivity contribution is -0.117. The molecule has 4 aliphatic carbocycles. The molecule has 2 N–H and O–H groups in total. The van der Waals surface area contributed by atoms with Crippen molar-refractivity contribution in [2.45, 2.75) is 50.6 Å². The number of fused-ring (bicyclic) bond motifs is 2. The number of carbonyl (C=O) groups excluding carboxylic acids is 2. The molecule has 0 radical (unpaired) electrons. The summed E-state index contributed by atoms with van der Waals surface area (Å²) in [4.78, 5) is 79.7. The van der Waals surface area contributed by atoms with Gasteiger partial charge in [-0.2, -0.15) is 0 Å². The van der Waals surface area contributed by atoms with Crippen LogP contribution in [0.3, 0.4) is 0 Å². The van der Waals surface area contributed by atoms with Gasteiger partial charge in [0.25, 0.3) is 0 Å². The first kappa shape index (κ1) is 27.9. The number of carbonyl (C=O) groups is 4. The third kappa shape index (κ3) is 4.22. The Morgan fingerprint density at radius 3 is 1.27 bits per heavy atom. The lowest BCUT2D eigenvalue weighted by Crippen LogP contribution is -2.50. The van der Waals surface area contributed by atoms with E-state index in [9.17, 15) is 47.8 Å². The van der Waals surface area contributed by atoms with Gasteiger partial charge in [0, 0.05) is 60.8 Å². The Hall–Kier alpha value is -4.88. The van der Waals surface area contributed by atoms with Gasteiger partial charge in [-0.1, -0.05) is 0 Å². The zero-order chi connectivity index (χ0) is 31.2. The topological polar surface area (TPSA) is 159 Å². The van der Waals surface area contributed by atoms with Crippen LogP contribution in [0.1, 0.15) is 81.0 Å². The molecule has 0 aromatic carbocycles. The standard InChI is InChI=1S/C30H26F2N4O8/c31-17-9-15-19(11-21(17)37)35(13-1-2-13)27(23(25(15)39)29(41)42)33-5-7-34(8-6-33)28-24(30(43)44)26(40)16-10-18(32)22(38)12-20(16)36(28)14-3-4-14/h9-10,13-14H,1-8,11-12H2,(H,41,42)(H,43,44). The minimum Gasteiger partial charge on any atom is -0.477 e. The summed E-state index contributed by atoms with van der Waals surface area (Å²) in [7, 11) is 0. The van der Waals surface area contributed by atoms with Crippen molar-refractivity contribution < 1.29 is 38.2 Å². The van der Waals surface area contributed by atoms with Crippen LogP contribution in [0.4, 0.5) is 20.4 Å². The molecule has 1 saturated heterocycles. The van der Waals surface area contributed by atoms with Gasteiger partial charge >= 0.3 is 11.9 Å². The molecule has 0 amide bonds. The molecule has 2 saturated carbocycles. The quantitative estimate of drug-likeness (QED) is 0.498. The van der Waals surface area contributed by atoms with Crippen LogP contribution in [0.5, 0.6) is 0 Å². The summed E-state index contributed by atoms with van der Waals surface area (Å²) in [5.74, 6) is -6.57. The minimum absolute atomic E-state index is 0.113. The molecule has 228 valence electrons. The smallest absolute Gasteiger partial charge is 0.343 e. The number of piperazine rings is 1. The van der Waals surface area contributed by atoms with Crippen molar-refractivity contribution in [3.63, 3.8) is 0 Å². The highest BCUT2D eigenvalue weighted by Gasteiger charge is 2.41. The van der Waals surface area contributed by atoms with Gasteiger partial charge in [0.1, 0.15) is 22.8 Å². The predicted octanol–water partition coefficient (Wildman–Crippen LogP) is 2.27. The van der Waals surface area contributed by atoms with E-state index in [0.717, 1.165) is 12.2 Å². The Morgan fingerprint density at radius 1 is 0.636 bits per heavy atom. The number of Topliss-reactive ketones (excluding diaryl/α,β-unsaturated/α-hetero) is 2. The summed E-state index contributed by atoms with van der Waals surface area (Å²) in [6, 6.07) is -0.355. The van der Waals surface area contributed by atoms with Crippen molar-refractivity contribution in [3.05, 3.63) is 65.7 Å². The van der Waals surface area contributed by atoms with Crippen molar-refractivity contribution in [1.29, 1.82) is 0 Å². The van der Waals surface area contributed by atoms with E-state index < -0.39 is 57.1 Å². The summed E-state index contributed by atoms with van der Waals surface area (Å²) >= 11 is 0. The number of hydrogen-bond acceptors (Lipinski definition) is 8. The number of pyridine rings is 2. The fraction of sp³-hybridized carbons (Fsp3) is 0.400. The first-order valence-corrected chi connectivity index (χ1v) is 14.4. The van der Waals surface area contributed by atoms with Crippen LogP contribution in [0.25, 0.3) is 12.2 Å². The molecule has 1 aliphatic heterocycles. The second-order valence-corrected chi connectivity index (χ2v) is 11.7. The predicted molar refractivity (Wildman–Crippen MR) is 152 cm³/mol. The van der Waals surface area contributed by atoms with E-state index in [1.165, 1.54) is 0 Å². The average molecular weight is 609 g/mol. The number of carboxylic acid groups (broad SMARTS) is 2. The van der Waals surface area contributed by atoms with Crippen molar-refractivity contribution in [3.8, 4) is 0 Å². The van der Waals surface area contributed by atoms with Crippen LogP contribution < -0.4 is 20.7 Å². The third-order valence-electron chi connectivity index (χ3n) is 8.91. The van der Waals surface area contributed by atoms with Crippen LogP contribution in [0.2, 0.25) is 0 Å². The lowest BCUT2D eigenvalue weighted by Gasteiger charge is -2.41. The SMILES string of the molecule is O=C1Cc2c(c(=O)c(C(=O)O)c(N3CCN(c4c(C(=O)O)c(=O)c5c(n4C4CC4)CC(=O)C(F)=C5)CC3)n2C2CC2)C=C1F. The minimum atomic E-state index is -1.49. The zero-order valence-corrected chi connectivity index (χ0v) is 23.3. The Balaban J connectivity index is 1.33. The monoisotopic (exact) mass is 608 g/mol. The normalized spacial score (nSPS) is 19.8. The lowest BCUT2D eigenvalue weighted by atomic mass is 9.96. The van der Waals surface area contributed by atoms with Gasteiger partial charge < -0.3 is 29.1 Å². The average Bonchev–Trinajstić information content (AvgIpc) is 3.89. The molecule has 44 heavy (non-hydrogen) atoms. The van der Waals surface area contributed by atoms with Gasteiger partial charge in [-0.3, -0.25) is 19.2 Å². The number of carboxylic acids is 2. The van der Waals surface area contributed by atoms with Gasteiger partial charge in [0.15, 0.2) is 23.2 Å². The Labute approximate surface area is 247 Å². The van der Waals surface area contributed by atoms with Crippen LogP contribution in [-0.2, 0) is 22.4 Å². The molecule has 0 spiro atoms. The highest BCUT2D eigenvalue weighted by molar-refractivity contribution is 6.04. The molecule has 3 heterocycles. The van der Waals surface area contributed by atoms with E-state index in [4.69, 9.17) is 0 Å². The highest BCUT2D eigenvalue weighted by Crippen LogP contribution is 2.44. The molecular weight excluding hydrogens is 582 g/mol. The second kappa shape index (κ2) is 9.82. The summed E-state index contributed by atoms with van der Waals surface area (Å²) in [6.07, 6.45) is 3.58. The van der Waals surface area contributed by atoms with Gasteiger partial charge in [-0.05, 0) is 37.8 Å². The van der Waals surface area contributed by atoms with Crippen molar-refractivity contribution >= 4 is 47.3 Å². The molecule has 0 bridgehead atoms. The number of rotatable bonds is 6. The number of hydrogen-bond donors (Lipinski definition) is 2. The summed E-state index contributed by atoms with van der Waals surface area (Å²) < 4.78 is 31.8. The zero-order valence-electron chi connectivity index (χ0n) is 23.3. The fourth-order valence-electron chi connectivity index (χ4n) is 6.63. The van der Waals surface area contributed by atoms with E-state index in [1.807, 2.05) is 0 Å². The molecule has 5 aliphatic rings. The number of aromatic carboxylic acids is 2. The number of halogens is 2. The summed E-state index contributed by atoms with van der Waals surface area (Å²) in [6.45, 7) is 0.468. The Kier molecular flexibility index (Phi) is 6.23. The van der Waals surface area contributed by atoms with Gasteiger partial charge in [0.05, 0.1) is 12.8 Å². The second-order valence-electron chi connectivity index (χ2n) is 11.7. The third-order valence-corrected chi connectivity index (χ3v) is 8.91. The molecule has 3 fully saturated rings. The molecule has 14 heteroatoms. The Morgan fingerprint density at radius 2 is 0.977 bits per heavy atom. The maximum Gasteiger partial charge on any atom is 0.343 e. The number of allylic oxidation sites excluding steroid dienone is 2. The van der Waals surface area contributed by atoms with Crippen LogP contribution in [0, 0.1) is 0 Å². The van der Waals surface area contributed by atoms with Crippen LogP contribution >= 0.6 is 0 Å². The molecule has 7 rings (SSSR count). The van der Waals surface area contributed by atoms with E-state index in [-0.39, 0.29) is 85.3 Å². The first-order valence-electron chi connectivity index (χ1n) is 14.4. The molecular formula is C30H26F2N4O8. The van der Waals surface area contributed by atoms with Gasteiger partial charge in [-0.15, -0.1) is 0 Å². The molecule has 0 atom stereocenters. The van der Waals surface area contributed by atoms with Crippen molar-refractivity contribution in [2.75, 3.05) is 36.0 Å². The van der Waals surface area contributed by atoms with Crippen molar-refractivity contribution in [1.82, 2.24) is 9.13 Å². The van der Waals surface area contributed by atoms with Gasteiger partial charge in [-0.25, -0.2) is 18.4 Å². The highest BCUT2D eigenvalue weighted by atomic mass is 19.1. The van der Waals surface area contributed by atoms with E-state index in [1.54, 1.807) is 18.9 Å². The molecule has 2 aromatic heterocycles. The maximum atomic E-state index is 14.2. The van der Waals surface area contributed by atoms with Gasteiger partial charge in [0.2, 0.25) is 10.9 Å². The largest absolute Gasteiger partial charge is 0.477 e. The summed E-state index contributed by atoms with van der Waals surface area (Å²) in [5.41, 5.74) is -2.62. The first-order chi connectivity index (χ1) is 21.0. The van der Waals surface area contributed by atoms with Crippen LogP contribution in [-0.4, -0.2) is 69.0 Å². The number of aromatic nitrogens is 2. The molecule has 0 unspecified atom stereocenters. The maximum absolute atomic E-state index is 14.2. The van der Waals surface area contributed by atoms with E-state index >= 15 is 0 Å². The fourth-order valence-corrected chi connectivity index (χ4v) is 6.63.